The molecule has 2 rings (SSSR count). The number of rotatable bonds is 3. The van der Waals surface area contributed by atoms with Crippen LogP contribution in [0.2, 0.25) is 0 Å². The van der Waals surface area contributed by atoms with Gasteiger partial charge in [-0.15, -0.1) is 0 Å². The minimum atomic E-state index is -0.181. The predicted octanol–water partition coefficient (Wildman–Crippen LogP) is 2.15. The second-order valence-electron chi connectivity index (χ2n) is 4.08. The normalized spacial score (nSPS) is 11.8. The lowest BCUT2D eigenvalue weighted by atomic mass is 10.1. The third-order valence-electron chi connectivity index (χ3n) is 2.68. The fourth-order valence-electron chi connectivity index (χ4n) is 1.64. The maximum Gasteiger partial charge on any atom is 0.270 e. The number of nitrogen functional groups attached to an aromatic ring is 1. The lowest BCUT2D eigenvalue weighted by molar-refractivity contribution is 0.0935. The number of nitrogens with zero attached hydrogens (tertiary/aromatic N) is 1. The molecule has 0 radical (unpaired) electrons. The van der Waals surface area contributed by atoms with Crippen molar-refractivity contribution >= 4 is 11.6 Å². The van der Waals surface area contributed by atoms with E-state index < -0.39 is 0 Å². The molecule has 18 heavy (non-hydrogen) atoms. The van der Waals surface area contributed by atoms with E-state index in [0.29, 0.717) is 11.4 Å². The number of carbonyl (C=O) groups excluding carboxylic acids is 1. The van der Waals surface area contributed by atoms with E-state index in [9.17, 15) is 4.79 Å². The average Bonchev–Trinajstić information content (AvgIpc) is 2.40. The van der Waals surface area contributed by atoms with Crippen molar-refractivity contribution < 1.29 is 4.79 Å². The van der Waals surface area contributed by atoms with Crippen LogP contribution in [0.5, 0.6) is 0 Å². The molecule has 0 spiro atoms. The van der Waals surface area contributed by atoms with Crippen LogP contribution >= 0.6 is 0 Å². The van der Waals surface area contributed by atoms with Gasteiger partial charge in [0.25, 0.3) is 5.91 Å². The Bertz CT molecular complexity index is 522. The summed E-state index contributed by atoms with van der Waals surface area (Å²) in [5.41, 5.74) is 7.76. The highest BCUT2D eigenvalue weighted by atomic mass is 16.1. The predicted molar refractivity (Wildman–Crippen MR) is 71.0 cm³/mol. The SMILES string of the molecule is C[C@@H](NC(=O)c1ccccn1)c1ccc(N)cc1. The largest absolute Gasteiger partial charge is 0.399 e. The number of hydrogen-bond acceptors (Lipinski definition) is 3. The maximum atomic E-state index is 11.9. The van der Waals surface area contributed by atoms with Crippen LogP contribution in [-0.4, -0.2) is 10.9 Å². The van der Waals surface area contributed by atoms with Crippen molar-refractivity contribution in [2.75, 3.05) is 5.73 Å². The minimum absolute atomic E-state index is 0.0832. The molecule has 0 fully saturated rings. The van der Waals surface area contributed by atoms with Gasteiger partial charge in [-0.1, -0.05) is 18.2 Å². The number of carbonyl (C=O) groups is 1. The van der Waals surface area contributed by atoms with Crippen molar-refractivity contribution in [1.29, 1.82) is 0 Å². The van der Waals surface area contributed by atoms with Crippen LogP contribution in [0, 0.1) is 0 Å². The number of anilines is 1. The Labute approximate surface area is 106 Å². The first-order valence-corrected chi connectivity index (χ1v) is 5.74. The van der Waals surface area contributed by atoms with E-state index in [1.807, 2.05) is 31.2 Å². The van der Waals surface area contributed by atoms with Crippen LogP contribution in [0.4, 0.5) is 5.69 Å². The Morgan fingerprint density at radius 1 is 1.22 bits per heavy atom. The number of nitrogens with two attached hydrogens (primary N) is 1. The molecule has 1 aromatic heterocycles. The summed E-state index contributed by atoms with van der Waals surface area (Å²) in [6.45, 7) is 1.92. The van der Waals surface area contributed by atoms with Crippen LogP contribution in [0.3, 0.4) is 0 Å². The summed E-state index contributed by atoms with van der Waals surface area (Å²) in [7, 11) is 0. The van der Waals surface area contributed by atoms with Crippen molar-refractivity contribution in [3.8, 4) is 0 Å². The molecular weight excluding hydrogens is 226 g/mol. The summed E-state index contributed by atoms with van der Waals surface area (Å²) in [6.07, 6.45) is 1.60. The molecule has 92 valence electrons. The molecule has 0 saturated carbocycles. The van der Waals surface area contributed by atoms with Gasteiger partial charge in [-0.2, -0.15) is 0 Å². The molecular formula is C14H15N3O. The molecule has 0 aliphatic heterocycles. The topological polar surface area (TPSA) is 68.0 Å². The van der Waals surface area contributed by atoms with Gasteiger partial charge in [0, 0.05) is 11.9 Å². The van der Waals surface area contributed by atoms with Gasteiger partial charge in [0.05, 0.1) is 6.04 Å². The van der Waals surface area contributed by atoms with E-state index in [2.05, 4.69) is 10.3 Å². The molecule has 0 unspecified atom stereocenters. The molecule has 4 heteroatoms. The Morgan fingerprint density at radius 3 is 2.56 bits per heavy atom. The maximum absolute atomic E-state index is 11.9. The molecule has 0 bridgehead atoms. The molecule has 1 amide bonds. The van der Waals surface area contributed by atoms with Crippen LogP contribution in [0.1, 0.15) is 29.0 Å². The Hall–Kier alpha value is -2.36. The van der Waals surface area contributed by atoms with Gasteiger partial charge >= 0.3 is 0 Å². The van der Waals surface area contributed by atoms with Gasteiger partial charge in [0.15, 0.2) is 0 Å². The average molecular weight is 241 g/mol. The van der Waals surface area contributed by atoms with Crippen molar-refractivity contribution in [3.05, 3.63) is 59.9 Å². The summed E-state index contributed by atoms with van der Waals surface area (Å²) in [6, 6.07) is 12.6. The van der Waals surface area contributed by atoms with E-state index in [1.165, 1.54) is 0 Å². The highest BCUT2D eigenvalue weighted by Gasteiger charge is 2.11. The van der Waals surface area contributed by atoms with E-state index in [1.54, 1.807) is 24.4 Å². The Balaban J connectivity index is 2.06. The summed E-state index contributed by atoms with van der Waals surface area (Å²) in [5.74, 6) is -0.181. The van der Waals surface area contributed by atoms with E-state index in [4.69, 9.17) is 5.73 Å². The number of aromatic nitrogens is 1. The quantitative estimate of drug-likeness (QED) is 0.809. The van der Waals surface area contributed by atoms with E-state index in [0.717, 1.165) is 5.56 Å². The van der Waals surface area contributed by atoms with Gasteiger partial charge in [-0.3, -0.25) is 9.78 Å². The first kappa shape index (κ1) is 12.1. The highest BCUT2D eigenvalue weighted by Crippen LogP contribution is 2.14. The molecule has 0 saturated heterocycles. The van der Waals surface area contributed by atoms with Crippen LogP contribution in [-0.2, 0) is 0 Å². The van der Waals surface area contributed by atoms with Crippen LogP contribution < -0.4 is 11.1 Å². The molecule has 1 aromatic carbocycles. The summed E-state index contributed by atoms with van der Waals surface area (Å²) in [5, 5.41) is 2.89. The fourth-order valence-corrected chi connectivity index (χ4v) is 1.64. The molecule has 1 heterocycles. The summed E-state index contributed by atoms with van der Waals surface area (Å²) < 4.78 is 0. The zero-order valence-electron chi connectivity index (χ0n) is 10.1. The number of benzene rings is 1. The second kappa shape index (κ2) is 5.31. The molecule has 0 aliphatic rings. The first-order chi connectivity index (χ1) is 8.66. The first-order valence-electron chi connectivity index (χ1n) is 5.74. The standard InChI is InChI=1S/C14H15N3O/c1-10(11-5-7-12(15)8-6-11)17-14(18)13-4-2-3-9-16-13/h2-10H,15H2,1H3,(H,17,18)/t10-/m1/s1. The molecule has 1 atom stereocenters. The highest BCUT2D eigenvalue weighted by molar-refractivity contribution is 5.92. The van der Waals surface area contributed by atoms with Gasteiger partial charge < -0.3 is 11.1 Å². The van der Waals surface area contributed by atoms with Gasteiger partial charge in [-0.25, -0.2) is 0 Å². The molecule has 0 aliphatic carbocycles. The van der Waals surface area contributed by atoms with Crippen molar-refractivity contribution in [1.82, 2.24) is 10.3 Å². The van der Waals surface area contributed by atoms with Gasteiger partial charge in [0.2, 0.25) is 0 Å². The van der Waals surface area contributed by atoms with Gasteiger partial charge in [-0.05, 0) is 36.8 Å². The Morgan fingerprint density at radius 2 is 1.94 bits per heavy atom. The van der Waals surface area contributed by atoms with Crippen molar-refractivity contribution in [2.24, 2.45) is 0 Å². The van der Waals surface area contributed by atoms with Crippen molar-refractivity contribution in [2.45, 2.75) is 13.0 Å². The lowest BCUT2D eigenvalue weighted by Crippen LogP contribution is -2.27. The number of amides is 1. The fraction of sp³-hybridized carbons (Fsp3) is 0.143. The monoisotopic (exact) mass is 241 g/mol. The lowest BCUT2D eigenvalue weighted by Gasteiger charge is -2.14. The zero-order valence-corrected chi connectivity index (χ0v) is 10.1. The minimum Gasteiger partial charge on any atom is -0.399 e. The molecule has 4 nitrogen and oxygen atoms in total. The summed E-state index contributed by atoms with van der Waals surface area (Å²) in [4.78, 5) is 15.9. The van der Waals surface area contributed by atoms with Crippen molar-refractivity contribution in [3.63, 3.8) is 0 Å². The smallest absolute Gasteiger partial charge is 0.270 e. The Kier molecular flexibility index (Phi) is 3.57. The van der Waals surface area contributed by atoms with E-state index in [-0.39, 0.29) is 11.9 Å². The second-order valence-corrected chi connectivity index (χ2v) is 4.08. The zero-order chi connectivity index (χ0) is 13.0. The number of nitrogens with one attached hydrogen (secondary N) is 1. The van der Waals surface area contributed by atoms with Crippen LogP contribution in [0.15, 0.2) is 48.7 Å². The van der Waals surface area contributed by atoms with E-state index >= 15 is 0 Å². The third kappa shape index (κ3) is 2.85. The molecule has 3 N–H and O–H groups in total. The molecule has 2 aromatic rings. The van der Waals surface area contributed by atoms with Gasteiger partial charge in [0.1, 0.15) is 5.69 Å². The summed E-state index contributed by atoms with van der Waals surface area (Å²) >= 11 is 0. The van der Waals surface area contributed by atoms with Crippen LogP contribution in [0.25, 0.3) is 0 Å². The number of hydrogen-bond donors (Lipinski definition) is 2. The third-order valence-corrected chi connectivity index (χ3v) is 2.68. The number of pyridine rings is 1.